The van der Waals surface area contributed by atoms with Crippen LogP contribution < -0.4 is 0 Å². The van der Waals surface area contributed by atoms with Gasteiger partial charge in [0.25, 0.3) is 5.91 Å². The lowest BCUT2D eigenvalue weighted by atomic mass is 10.1. The van der Waals surface area contributed by atoms with E-state index in [0.717, 1.165) is 5.76 Å². The van der Waals surface area contributed by atoms with Gasteiger partial charge in [-0.3, -0.25) is 9.59 Å². The smallest absolute Gasteiger partial charge is 0.289 e. The molecule has 2 amide bonds. The molecule has 1 aromatic heterocycles. The maximum atomic E-state index is 12.4. The fraction of sp³-hybridized carbons (Fsp3) is 0.600. The Balaban J connectivity index is 2.03. The van der Waals surface area contributed by atoms with E-state index in [4.69, 9.17) is 4.42 Å². The van der Waals surface area contributed by atoms with Crippen molar-refractivity contribution in [3.05, 3.63) is 23.7 Å². The van der Waals surface area contributed by atoms with Crippen LogP contribution in [0.3, 0.4) is 0 Å². The van der Waals surface area contributed by atoms with Gasteiger partial charge in [0, 0.05) is 31.6 Å². The van der Waals surface area contributed by atoms with Gasteiger partial charge < -0.3 is 14.2 Å². The highest BCUT2D eigenvalue weighted by atomic mass is 16.3. The van der Waals surface area contributed by atoms with Gasteiger partial charge in [-0.25, -0.2) is 0 Å². The van der Waals surface area contributed by atoms with Crippen LogP contribution in [0, 0.1) is 12.8 Å². The number of carbonyl (C=O) groups is 2. The molecule has 5 nitrogen and oxygen atoms in total. The van der Waals surface area contributed by atoms with Crippen molar-refractivity contribution in [3.63, 3.8) is 0 Å². The first kappa shape index (κ1) is 14.6. The summed E-state index contributed by atoms with van der Waals surface area (Å²) in [5, 5.41) is 0. The molecule has 1 saturated heterocycles. The second-order valence-corrected chi connectivity index (χ2v) is 5.70. The molecule has 20 heavy (non-hydrogen) atoms. The van der Waals surface area contributed by atoms with E-state index >= 15 is 0 Å². The molecule has 0 saturated carbocycles. The lowest BCUT2D eigenvalue weighted by Crippen LogP contribution is -2.56. The van der Waals surface area contributed by atoms with Crippen LogP contribution in [-0.2, 0) is 4.79 Å². The van der Waals surface area contributed by atoms with Crippen LogP contribution in [0.1, 0.15) is 37.1 Å². The van der Waals surface area contributed by atoms with Gasteiger partial charge in [-0.2, -0.15) is 0 Å². The molecule has 0 aliphatic carbocycles. The normalized spacial score (nSPS) is 19.6. The second kappa shape index (κ2) is 5.69. The van der Waals surface area contributed by atoms with Crippen molar-refractivity contribution in [1.82, 2.24) is 9.80 Å². The maximum Gasteiger partial charge on any atom is 0.289 e. The van der Waals surface area contributed by atoms with E-state index in [1.165, 1.54) is 0 Å². The van der Waals surface area contributed by atoms with Gasteiger partial charge in [0.1, 0.15) is 5.76 Å². The van der Waals surface area contributed by atoms with Crippen LogP contribution in [0.2, 0.25) is 0 Å². The quantitative estimate of drug-likeness (QED) is 0.830. The third kappa shape index (κ3) is 2.86. The van der Waals surface area contributed by atoms with E-state index in [1.807, 2.05) is 32.6 Å². The van der Waals surface area contributed by atoms with Crippen molar-refractivity contribution >= 4 is 11.8 Å². The molecule has 1 atom stereocenters. The zero-order valence-corrected chi connectivity index (χ0v) is 12.5. The number of rotatable bonds is 2. The molecule has 1 fully saturated rings. The van der Waals surface area contributed by atoms with Gasteiger partial charge in [0.2, 0.25) is 5.91 Å². The molecule has 110 valence electrons. The Labute approximate surface area is 119 Å². The number of carbonyl (C=O) groups excluding carboxylic acids is 2. The summed E-state index contributed by atoms with van der Waals surface area (Å²) in [5.74, 6) is 1.16. The molecule has 1 aliphatic rings. The summed E-state index contributed by atoms with van der Waals surface area (Å²) in [4.78, 5) is 28.0. The van der Waals surface area contributed by atoms with E-state index in [0.29, 0.717) is 25.4 Å². The van der Waals surface area contributed by atoms with E-state index in [9.17, 15) is 9.59 Å². The van der Waals surface area contributed by atoms with Crippen molar-refractivity contribution < 1.29 is 14.0 Å². The topological polar surface area (TPSA) is 53.8 Å². The zero-order chi connectivity index (χ0) is 14.9. The molecular weight excluding hydrogens is 256 g/mol. The fourth-order valence-corrected chi connectivity index (χ4v) is 2.52. The average molecular weight is 278 g/mol. The highest BCUT2D eigenvalue weighted by Crippen LogP contribution is 2.17. The Bertz CT molecular complexity index is 507. The summed E-state index contributed by atoms with van der Waals surface area (Å²) in [5.41, 5.74) is 0. The van der Waals surface area contributed by atoms with Crippen LogP contribution >= 0.6 is 0 Å². The van der Waals surface area contributed by atoms with E-state index < -0.39 is 0 Å². The predicted octanol–water partition coefficient (Wildman–Crippen LogP) is 1.92. The largest absolute Gasteiger partial charge is 0.456 e. The number of piperazine rings is 1. The highest BCUT2D eigenvalue weighted by molar-refractivity contribution is 5.92. The minimum Gasteiger partial charge on any atom is -0.456 e. The minimum atomic E-state index is -0.0951. The van der Waals surface area contributed by atoms with Gasteiger partial charge in [0.15, 0.2) is 5.76 Å². The molecule has 0 aromatic carbocycles. The van der Waals surface area contributed by atoms with Crippen molar-refractivity contribution in [1.29, 1.82) is 0 Å². The Morgan fingerprint density at radius 1 is 1.30 bits per heavy atom. The van der Waals surface area contributed by atoms with Crippen molar-refractivity contribution in [2.45, 2.75) is 33.7 Å². The van der Waals surface area contributed by atoms with Gasteiger partial charge in [-0.05, 0) is 26.0 Å². The molecule has 5 heteroatoms. The Kier molecular flexibility index (Phi) is 4.16. The number of hydrogen-bond donors (Lipinski definition) is 0. The van der Waals surface area contributed by atoms with Crippen molar-refractivity contribution in [2.24, 2.45) is 5.92 Å². The van der Waals surface area contributed by atoms with E-state index in [2.05, 4.69) is 0 Å². The van der Waals surface area contributed by atoms with Gasteiger partial charge >= 0.3 is 0 Å². The molecule has 1 aliphatic heterocycles. The number of nitrogens with zero attached hydrogens (tertiary/aromatic N) is 2. The maximum absolute atomic E-state index is 12.4. The molecular formula is C15H22N2O3. The Morgan fingerprint density at radius 3 is 2.50 bits per heavy atom. The summed E-state index contributed by atoms with van der Waals surface area (Å²) in [6.07, 6.45) is 0. The highest BCUT2D eigenvalue weighted by Gasteiger charge is 2.31. The minimum absolute atomic E-state index is 0.00262. The van der Waals surface area contributed by atoms with Crippen LogP contribution in [-0.4, -0.2) is 47.3 Å². The monoisotopic (exact) mass is 278 g/mol. The molecule has 1 unspecified atom stereocenters. The molecule has 0 radical (unpaired) electrons. The first-order valence-corrected chi connectivity index (χ1v) is 7.06. The Hall–Kier alpha value is -1.78. The first-order valence-electron chi connectivity index (χ1n) is 7.06. The second-order valence-electron chi connectivity index (χ2n) is 5.70. The van der Waals surface area contributed by atoms with Crippen LogP contribution in [0.5, 0.6) is 0 Å². The summed E-state index contributed by atoms with van der Waals surface area (Å²) in [7, 11) is 0. The van der Waals surface area contributed by atoms with Crippen molar-refractivity contribution in [3.8, 4) is 0 Å². The van der Waals surface area contributed by atoms with Gasteiger partial charge in [-0.15, -0.1) is 0 Å². The number of furan rings is 1. The van der Waals surface area contributed by atoms with Crippen LogP contribution in [0.25, 0.3) is 0 Å². The van der Waals surface area contributed by atoms with Gasteiger partial charge in [0.05, 0.1) is 0 Å². The zero-order valence-electron chi connectivity index (χ0n) is 12.5. The van der Waals surface area contributed by atoms with Crippen LogP contribution in [0.15, 0.2) is 16.5 Å². The molecule has 2 rings (SSSR count). The predicted molar refractivity (Wildman–Crippen MR) is 75.4 cm³/mol. The standard InChI is InChI=1S/C15H22N2O3/c1-10(2)14(18)16-7-8-17(11(3)9-16)15(19)13-6-5-12(4)20-13/h5-6,10-11H,7-9H2,1-4H3. The van der Waals surface area contributed by atoms with E-state index in [-0.39, 0.29) is 23.8 Å². The Morgan fingerprint density at radius 2 is 2.00 bits per heavy atom. The van der Waals surface area contributed by atoms with Gasteiger partial charge in [-0.1, -0.05) is 13.8 Å². The number of hydrogen-bond acceptors (Lipinski definition) is 3. The molecule has 2 heterocycles. The summed E-state index contributed by atoms with van der Waals surface area (Å²) >= 11 is 0. The summed E-state index contributed by atoms with van der Waals surface area (Å²) in [6, 6.07) is 3.50. The molecule has 0 spiro atoms. The number of amides is 2. The SMILES string of the molecule is Cc1ccc(C(=O)N2CCN(C(=O)C(C)C)CC2C)o1. The lowest BCUT2D eigenvalue weighted by molar-refractivity contribution is -0.136. The first-order chi connectivity index (χ1) is 9.40. The molecule has 0 bridgehead atoms. The average Bonchev–Trinajstić information content (AvgIpc) is 2.83. The van der Waals surface area contributed by atoms with E-state index in [1.54, 1.807) is 17.0 Å². The third-order valence-electron chi connectivity index (χ3n) is 3.65. The molecule has 0 N–H and O–H groups in total. The third-order valence-corrected chi connectivity index (χ3v) is 3.65. The summed E-state index contributed by atoms with van der Waals surface area (Å²) in [6.45, 7) is 9.31. The lowest BCUT2D eigenvalue weighted by Gasteiger charge is -2.40. The number of aryl methyl sites for hydroxylation is 1. The van der Waals surface area contributed by atoms with Crippen LogP contribution in [0.4, 0.5) is 0 Å². The fourth-order valence-electron chi connectivity index (χ4n) is 2.52. The van der Waals surface area contributed by atoms with Crippen molar-refractivity contribution in [2.75, 3.05) is 19.6 Å². The molecule has 1 aromatic rings. The summed E-state index contributed by atoms with van der Waals surface area (Å²) < 4.78 is 5.39.